The maximum Gasteiger partial charge on any atom is 0.228 e. The molecule has 4 nitrogen and oxygen atoms in total. The average molecular weight is 316 g/mol. The summed E-state index contributed by atoms with van der Waals surface area (Å²) >= 11 is 0. The highest BCUT2D eigenvalue weighted by atomic mass is 16.3. The van der Waals surface area contributed by atoms with E-state index in [0.717, 1.165) is 44.1 Å². The Morgan fingerprint density at radius 1 is 1.13 bits per heavy atom. The van der Waals surface area contributed by atoms with Crippen molar-refractivity contribution in [1.29, 1.82) is 0 Å². The van der Waals surface area contributed by atoms with E-state index in [2.05, 4.69) is 10.3 Å². The number of aromatic nitrogens is 1. The van der Waals surface area contributed by atoms with E-state index in [1.807, 2.05) is 12.1 Å². The maximum atomic E-state index is 13.0. The summed E-state index contributed by atoms with van der Waals surface area (Å²) in [4.78, 5) is 17.1. The zero-order valence-electron chi connectivity index (χ0n) is 13.8. The predicted octanol–water partition coefficient (Wildman–Crippen LogP) is 3.02. The molecule has 2 saturated carbocycles. The van der Waals surface area contributed by atoms with Crippen molar-refractivity contribution in [2.24, 2.45) is 11.8 Å². The molecule has 3 rings (SSSR count). The van der Waals surface area contributed by atoms with Crippen molar-refractivity contribution >= 4 is 5.91 Å². The minimum atomic E-state index is -0.0314. The fourth-order valence-corrected chi connectivity index (χ4v) is 4.28. The van der Waals surface area contributed by atoms with Gasteiger partial charge in [-0.15, -0.1) is 0 Å². The van der Waals surface area contributed by atoms with Crippen LogP contribution in [0.2, 0.25) is 0 Å². The third-order valence-corrected chi connectivity index (χ3v) is 5.67. The van der Waals surface area contributed by atoms with Gasteiger partial charge >= 0.3 is 0 Å². The lowest BCUT2D eigenvalue weighted by molar-refractivity contribution is -0.124. The maximum absolute atomic E-state index is 13.0. The van der Waals surface area contributed by atoms with Gasteiger partial charge in [0.15, 0.2) is 0 Å². The first-order chi connectivity index (χ1) is 11.3. The van der Waals surface area contributed by atoms with Crippen molar-refractivity contribution in [3.05, 3.63) is 30.1 Å². The van der Waals surface area contributed by atoms with Gasteiger partial charge in [0.2, 0.25) is 5.91 Å². The Morgan fingerprint density at radius 3 is 2.39 bits per heavy atom. The lowest BCUT2D eigenvalue weighted by atomic mass is 9.83. The number of amides is 1. The molecular weight excluding hydrogens is 288 g/mol. The normalized spacial score (nSPS) is 26.8. The van der Waals surface area contributed by atoms with Crippen LogP contribution in [0.5, 0.6) is 0 Å². The number of rotatable bonds is 5. The molecule has 0 spiro atoms. The van der Waals surface area contributed by atoms with E-state index in [1.165, 1.54) is 12.8 Å². The number of carbonyl (C=O) groups is 1. The highest BCUT2D eigenvalue weighted by Crippen LogP contribution is 2.37. The van der Waals surface area contributed by atoms with Crippen LogP contribution in [-0.2, 0) is 4.79 Å². The Hall–Kier alpha value is -1.42. The van der Waals surface area contributed by atoms with Crippen molar-refractivity contribution < 1.29 is 9.90 Å². The number of aliphatic hydroxyl groups is 1. The zero-order chi connectivity index (χ0) is 16.1. The standard InChI is InChI=1S/C19H28N2O2/c22-13-14-5-7-17(8-6-14)21-19(23)18(15-3-1-2-4-15)16-9-11-20-12-10-16/h9-12,14-15,17-18,22H,1-8,13H2,(H,21,23). The van der Waals surface area contributed by atoms with Gasteiger partial charge in [0.1, 0.15) is 0 Å². The van der Waals surface area contributed by atoms with Crippen molar-refractivity contribution in [1.82, 2.24) is 10.3 Å². The first kappa shape index (κ1) is 16.4. The van der Waals surface area contributed by atoms with Crippen LogP contribution in [0.3, 0.4) is 0 Å². The van der Waals surface area contributed by atoms with Gasteiger partial charge in [0, 0.05) is 25.0 Å². The Balaban J connectivity index is 1.66. The van der Waals surface area contributed by atoms with E-state index >= 15 is 0 Å². The fraction of sp³-hybridized carbons (Fsp3) is 0.684. The van der Waals surface area contributed by atoms with Crippen LogP contribution < -0.4 is 5.32 Å². The highest BCUT2D eigenvalue weighted by Gasteiger charge is 2.33. The molecule has 4 heteroatoms. The molecule has 1 atom stereocenters. The average Bonchev–Trinajstić information content (AvgIpc) is 3.11. The predicted molar refractivity (Wildman–Crippen MR) is 89.9 cm³/mol. The molecule has 0 bridgehead atoms. The molecular formula is C19H28N2O2. The largest absolute Gasteiger partial charge is 0.396 e. The van der Waals surface area contributed by atoms with Crippen LogP contribution in [0.4, 0.5) is 0 Å². The molecule has 0 aliphatic heterocycles. The molecule has 1 amide bonds. The number of carbonyl (C=O) groups excluding carboxylic acids is 1. The number of hydrogen-bond acceptors (Lipinski definition) is 3. The lowest BCUT2D eigenvalue weighted by Crippen LogP contribution is -2.42. The van der Waals surface area contributed by atoms with E-state index in [9.17, 15) is 9.90 Å². The minimum Gasteiger partial charge on any atom is -0.396 e. The van der Waals surface area contributed by atoms with Gasteiger partial charge in [0.05, 0.1) is 5.92 Å². The SMILES string of the molecule is O=C(NC1CCC(CO)CC1)C(c1ccncc1)C1CCCC1. The zero-order valence-corrected chi connectivity index (χ0v) is 13.8. The van der Waals surface area contributed by atoms with Gasteiger partial charge < -0.3 is 10.4 Å². The third-order valence-electron chi connectivity index (χ3n) is 5.67. The van der Waals surface area contributed by atoms with Gasteiger partial charge in [-0.25, -0.2) is 0 Å². The molecule has 0 saturated heterocycles. The van der Waals surface area contributed by atoms with E-state index in [1.54, 1.807) is 12.4 Å². The lowest BCUT2D eigenvalue weighted by Gasteiger charge is -2.31. The first-order valence-corrected chi connectivity index (χ1v) is 9.09. The number of nitrogens with one attached hydrogen (secondary N) is 1. The summed E-state index contributed by atoms with van der Waals surface area (Å²) in [5.74, 6) is 1.05. The van der Waals surface area contributed by atoms with Crippen LogP contribution >= 0.6 is 0 Å². The fourth-order valence-electron chi connectivity index (χ4n) is 4.28. The summed E-state index contributed by atoms with van der Waals surface area (Å²) < 4.78 is 0. The van der Waals surface area contributed by atoms with E-state index < -0.39 is 0 Å². The molecule has 2 fully saturated rings. The van der Waals surface area contributed by atoms with Gasteiger partial charge in [-0.1, -0.05) is 12.8 Å². The Morgan fingerprint density at radius 2 is 1.78 bits per heavy atom. The highest BCUT2D eigenvalue weighted by molar-refractivity contribution is 5.84. The summed E-state index contributed by atoms with van der Waals surface area (Å²) in [5, 5.41) is 12.5. The quantitative estimate of drug-likeness (QED) is 0.878. The van der Waals surface area contributed by atoms with Gasteiger partial charge in [-0.05, 0) is 68.1 Å². The molecule has 2 N–H and O–H groups in total. The van der Waals surface area contributed by atoms with Gasteiger partial charge in [-0.2, -0.15) is 0 Å². The van der Waals surface area contributed by atoms with Crippen LogP contribution in [0.25, 0.3) is 0 Å². The van der Waals surface area contributed by atoms with Crippen LogP contribution in [0, 0.1) is 11.8 Å². The summed E-state index contributed by atoms with van der Waals surface area (Å²) in [6.45, 7) is 0.280. The van der Waals surface area contributed by atoms with E-state index in [0.29, 0.717) is 11.8 Å². The van der Waals surface area contributed by atoms with Crippen molar-refractivity contribution in [2.45, 2.75) is 63.3 Å². The topological polar surface area (TPSA) is 62.2 Å². The molecule has 2 aliphatic rings. The number of pyridine rings is 1. The Bertz CT molecular complexity index is 491. The smallest absolute Gasteiger partial charge is 0.228 e. The first-order valence-electron chi connectivity index (χ1n) is 9.09. The summed E-state index contributed by atoms with van der Waals surface area (Å²) in [7, 11) is 0. The van der Waals surface area contributed by atoms with Crippen LogP contribution in [0.1, 0.15) is 62.8 Å². The second-order valence-corrected chi connectivity index (χ2v) is 7.21. The van der Waals surface area contributed by atoms with Crippen LogP contribution in [-0.4, -0.2) is 28.6 Å². The molecule has 0 aromatic carbocycles. The van der Waals surface area contributed by atoms with Gasteiger partial charge in [-0.3, -0.25) is 9.78 Å². The number of nitrogens with zero attached hydrogens (tertiary/aromatic N) is 1. The number of hydrogen-bond donors (Lipinski definition) is 2. The number of aliphatic hydroxyl groups excluding tert-OH is 1. The van der Waals surface area contributed by atoms with Crippen molar-refractivity contribution in [2.75, 3.05) is 6.61 Å². The second-order valence-electron chi connectivity index (χ2n) is 7.21. The summed E-state index contributed by atoms with van der Waals surface area (Å²) in [5.41, 5.74) is 1.11. The summed E-state index contributed by atoms with van der Waals surface area (Å²) in [6, 6.07) is 4.26. The third kappa shape index (κ3) is 4.11. The molecule has 23 heavy (non-hydrogen) atoms. The molecule has 1 aromatic heterocycles. The molecule has 1 heterocycles. The Labute approximate surface area is 138 Å². The van der Waals surface area contributed by atoms with Crippen molar-refractivity contribution in [3.63, 3.8) is 0 Å². The van der Waals surface area contributed by atoms with Crippen LogP contribution in [0.15, 0.2) is 24.5 Å². The molecule has 2 aliphatic carbocycles. The molecule has 1 aromatic rings. The van der Waals surface area contributed by atoms with Gasteiger partial charge in [0.25, 0.3) is 0 Å². The van der Waals surface area contributed by atoms with Crippen molar-refractivity contribution in [3.8, 4) is 0 Å². The Kier molecular flexibility index (Phi) is 5.65. The van der Waals surface area contributed by atoms with E-state index in [4.69, 9.17) is 0 Å². The summed E-state index contributed by atoms with van der Waals surface area (Å²) in [6.07, 6.45) is 12.4. The molecule has 0 radical (unpaired) electrons. The second kappa shape index (κ2) is 7.91. The monoisotopic (exact) mass is 316 g/mol. The van der Waals surface area contributed by atoms with E-state index in [-0.39, 0.29) is 24.5 Å². The molecule has 126 valence electrons. The minimum absolute atomic E-state index is 0.0314. The molecule has 1 unspecified atom stereocenters.